The molecule has 0 atom stereocenters. The molecule has 0 unspecified atom stereocenters. The number of thioether (sulfide) groups is 1. The van der Waals surface area contributed by atoms with Crippen LogP contribution in [0.3, 0.4) is 0 Å². The Labute approximate surface area is 171 Å². The van der Waals surface area contributed by atoms with Crippen molar-refractivity contribution >= 4 is 35.2 Å². The van der Waals surface area contributed by atoms with E-state index >= 15 is 0 Å². The molecular weight excluding hydrogens is 405 g/mol. The third kappa shape index (κ3) is 4.64. The van der Waals surface area contributed by atoms with Gasteiger partial charge in [0, 0.05) is 32.2 Å². The second kappa shape index (κ2) is 8.91. The highest BCUT2D eigenvalue weighted by atomic mass is 35.5. The van der Waals surface area contributed by atoms with E-state index in [0.29, 0.717) is 31.3 Å². The molecule has 0 N–H and O–H groups in total. The van der Waals surface area contributed by atoms with E-state index in [-0.39, 0.29) is 34.2 Å². The first-order valence-electron chi connectivity index (χ1n) is 8.91. The monoisotopic (exact) mass is 425 g/mol. The molecule has 2 aromatic rings. The highest BCUT2D eigenvalue weighted by molar-refractivity contribution is 7.99. The van der Waals surface area contributed by atoms with Gasteiger partial charge in [0.15, 0.2) is 5.16 Å². The Hall–Kier alpha value is -2.13. The van der Waals surface area contributed by atoms with Crippen molar-refractivity contribution in [3.05, 3.63) is 40.9 Å². The second-order valence-electron chi connectivity index (χ2n) is 6.70. The van der Waals surface area contributed by atoms with Gasteiger partial charge in [0.1, 0.15) is 12.1 Å². The Morgan fingerprint density at radius 1 is 1.21 bits per heavy atom. The van der Waals surface area contributed by atoms with Crippen molar-refractivity contribution in [3.8, 4) is 0 Å². The van der Waals surface area contributed by atoms with E-state index in [1.165, 1.54) is 23.9 Å². The first-order chi connectivity index (χ1) is 13.4. The van der Waals surface area contributed by atoms with Crippen LogP contribution in [0.1, 0.15) is 30.2 Å². The first-order valence-corrected chi connectivity index (χ1v) is 10.3. The molecule has 0 saturated carbocycles. The van der Waals surface area contributed by atoms with Crippen LogP contribution in [0.2, 0.25) is 5.02 Å². The summed E-state index contributed by atoms with van der Waals surface area (Å²) in [7, 11) is 0. The molecule has 7 nitrogen and oxygen atoms in total. The second-order valence-corrected chi connectivity index (χ2v) is 8.05. The largest absolute Gasteiger partial charge is 0.338 e. The van der Waals surface area contributed by atoms with Crippen molar-refractivity contribution in [1.29, 1.82) is 0 Å². The van der Waals surface area contributed by atoms with Crippen LogP contribution in [-0.2, 0) is 4.79 Å². The van der Waals surface area contributed by atoms with E-state index in [4.69, 9.17) is 11.6 Å². The minimum Gasteiger partial charge on any atom is -0.338 e. The third-order valence-corrected chi connectivity index (χ3v) is 5.76. The average molecular weight is 426 g/mol. The lowest BCUT2D eigenvalue weighted by molar-refractivity contribution is -0.129. The van der Waals surface area contributed by atoms with Gasteiger partial charge in [-0.2, -0.15) is 0 Å². The molecule has 2 heterocycles. The summed E-state index contributed by atoms with van der Waals surface area (Å²) in [6, 6.07) is 3.95. The predicted octanol–water partition coefficient (Wildman–Crippen LogP) is 2.73. The Bertz CT molecular complexity index is 867. The van der Waals surface area contributed by atoms with Gasteiger partial charge in [0.2, 0.25) is 5.91 Å². The van der Waals surface area contributed by atoms with Crippen LogP contribution in [0, 0.1) is 5.82 Å². The number of piperazine rings is 1. The number of benzene rings is 1. The molecule has 0 radical (unpaired) electrons. The maximum Gasteiger partial charge on any atom is 0.255 e. The molecule has 1 aliphatic heterocycles. The Morgan fingerprint density at radius 2 is 1.89 bits per heavy atom. The van der Waals surface area contributed by atoms with Gasteiger partial charge < -0.3 is 14.4 Å². The van der Waals surface area contributed by atoms with Gasteiger partial charge in [-0.15, -0.1) is 10.2 Å². The smallest absolute Gasteiger partial charge is 0.255 e. The fourth-order valence-corrected chi connectivity index (χ4v) is 4.09. The Morgan fingerprint density at radius 3 is 2.54 bits per heavy atom. The Balaban J connectivity index is 1.52. The molecule has 0 spiro atoms. The number of halogens is 2. The van der Waals surface area contributed by atoms with E-state index in [2.05, 4.69) is 10.2 Å². The summed E-state index contributed by atoms with van der Waals surface area (Å²) in [4.78, 5) is 28.4. The highest BCUT2D eigenvalue weighted by Crippen LogP contribution is 2.21. The van der Waals surface area contributed by atoms with Crippen LogP contribution in [0.15, 0.2) is 29.7 Å². The molecule has 1 saturated heterocycles. The maximum absolute atomic E-state index is 13.2. The van der Waals surface area contributed by atoms with Crippen LogP contribution >= 0.6 is 23.4 Å². The molecule has 2 amide bonds. The lowest BCUT2D eigenvalue weighted by Gasteiger charge is -2.35. The van der Waals surface area contributed by atoms with Gasteiger partial charge in [-0.25, -0.2) is 4.39 Å². The van der Waals surface area contributed by atoms with Crippen LogP contribution in [0.5, 0.6) is 0 Å². The van der Waals surface area contributed by atoms with Crippen molar-refractivity contribution in [2.24, 2.45) is 0 Å². The number of hydrogen-bond acceptors (Lipinski definition) is 5. The molecule has 10 heteroatoms. The number of nitrogens with zero attached hydrogens (tertiary/aromatic N) is 5. The minimum atomic E-state index is -0.484. The summed E-state index contributed by atoms with van der Waals surface area (Å²) in [5.74, 6) is -0.474. The highest BCUT2D eigenvalue weighted by Gasteiger charge is 2.26. The van der Waals surface area contributed by atoms with Gasteiger partial charge in [-0.1, -0.05) is 23.4 Å². The van der Waals surface area contributed by atoms with Gasteiger partial charge in [0.25, 0.3) is 5.91 Å². The summed E-state index contributed by atoms with van der Waals surface area (Å²) < 4.78 is 15.1. The molecule has 1 aromatic heterocycles. The molecule has 1 fully saturated rings. The first kappa shape index (κ1) is 20.6. The number of carbonyl (C=O) groups is 2. The molecule has 3 rings (SSSR count). The molecule has 0 aliphatic carbocycles. The lowest BCUT2D eigenvalue weighted by atomic mass is 10.1. The van der Waals surface area contributed by atoms with E-state index in [9.17, 15) is 14.0 Å². The molecule has 0 bridgehead atoms. The zero-order chi connectivity index (χ0) is 20.3. The van der Waals surface area contributed by atoms with Crippen molar-refractivity contribution in [2.75, 3.05) is 31.9 Å². The van der Waals surface area contributed by atoms with Gasteiger partial charge >= 0.3 is 0 Å². The fourth-order valence-electron chi connectivity index (χ4n) is 2.90. The van der Waals surface area contributed by atoms with Crippen LogP contribution < -0.4 is 0 Å². The predicted molar refractivity (Wildman–Crippen MR) is 105 cm³/mol. The molecular formula is C18H21ClFN5O2S. The number of amides is 2. The fraction of sp³-hybridized carbons (Fsp3) is 0.444. The minimum absolute atomic E-state index is 0.00443. The van der Waals surface area contributed by atoms with E-state index < -0.39 is 5.82 Å². The SMILES string of the molecule is CC(C)n1cnnc1SCC(=O)N1CCN(C(=O)c2ccc(F)cc2Cl)CC1. The van der Waals surface area contributed by atoms with Crippen molar-refractivity contribution in [1.82, 2.24) is 24.6 Å². The number of aromatic nitrogens is 3. The number of hydrogen-bond donors (Lipinski definition) is 0. The summed E-state index contributed by atoms with van der Waals surface area (Å²) >= 11 is 7.34. The van der Waals surface area contributed by atoms with E-state index in [1.807, 2.05) is 18.4 Å². The topological polar surface area (TPSA) is 71.3 Å². The zero-order valence-corrected chi connectivity index (χ0v) is 17.2. The standard InChI is InChI=1S/C18H21ClFN5O2S/c1-12(2)25-11-21-22-18(25)28-10-16(26)23-5-7-24(8-6-23)17(27)14-4-3-13(20)9-15(14)19/h3-4,9,11-12H,5-8,10H2,1-2H3. The summed E-state index contributed by atoms with van der Waals surface area (Å²) in [5.41, 5.74) is 0.270. The van der Waals surface area contributed by atoms with Crippen molar-refractivity contribution < 1.29 is 14.0 Å². The van der Waals surface area contributed by atoms with E-state index in [1.54, 1.807) is 16.1 Å². The van der Waals surface area contributed by atoms with Gasteiger partial charge in [0.05, 0.1) is 16.3 Å². The third-order valence-electron chi connectivity index (χ3n) is 4.50. The lowest BCUT2D eigenvalue weighted by Crippen LogP contribution is -2.51. The van der Waals surface area contributed by atoms with Gasteiger partial charge in [-0.05, 0) is 32.0 Å². The number of carbonyl (C=O) groups excluding carboxylic acids is 2. The van der Waals surface area contributed by atoms with Crippen LogP contribution in [0.4, 0.5) is 4.39 Å². The van der Waals surface area contributed by atoms with Crippen molar-refractivity contribution in [2.45, 2.75) is 25.0 Å². The molecule has 1 aromatic carbocycles. The normalized spacial score (nSPS) is 14.6. The summed E-state index contributed by atoms with van der Waals surface area (Å²) in [6.07, 6.45) is 1.66. The summed E-state index contributed by atoms with van der Waals surface area (Å²) in [5, 5.41) is 8.75. The number of rotatable bonds is 5. The zero-order valence-electron chi connectivity index (χ0n) is 15.6. The molecule has 1 aliphatic rings. The Kier molecular flexibility index (Phi) is 6.56. The van der Waals surface area contributed by atoms with Crippen molar-refractivity contribution in [3.63, 3.8) is 0 Å². The maximum atomic E-state index is 13.2. The average Bonchev–Trinajstić information content (AvgIpc) is 3.15. The van der Waals surface area contributed by atoms with Crippen LogP contribution in [-0.4, -0.2) is 68.3 Å². The summed E-state index contributed by atoms with van der Waals surface area (Å²) in [6.45, 7) is 5.76. The van der Waals surface area contributed by atoms with Gasteiger partial charge in [-0.3, -0.25) is 9.59 Å². The molecule has 150 valence electrons. The van der Waals surface area contributed by atoms with Crippen LogP contribution in [0.25, 0.3) is 0 Å². The quantitative estimate of drug-likeness (QED) is 0.689. The molecule has 28 heavy (non-hydrogen) atoms. The van der Waals surface area contributed by atoms with E-state index in [0.717, 1.165) is 6.07 Å².